The van der Waals surface area contributed by atoms with Gasteiger partial charge in [0.2, 0.25) is 6.10 Å². The van der Waals surface area contributed by atoms with Crippen LogP contribution in [0, 0.1) is 0 Å². The summed E-state index contributed by atoms with van der Waals surface area (Å²) in [6.07, 6.45) is 0.0442. The summed E-state index contributed by atoms with van der Waals surface area (Å²) in [5.74, 6) is 1.10. The molecule has 1 amide bonds. The highest BCUT2D eigenvalue weighted by molar-refractivity contribution is 5.82. The summed E-state index contributed by atoms with van der Waals surface area (Å²) >= 11 is 0. The number of nitrogens with one attached hydrogen (secondary N) is 1. The average molecular weight is 359 g/mol. The fourth-order valence-electron chi connectivity index (χ4n) is 3.20. The van der Waals surface area contributed by atoms with Gasteiger partial charge in [-0.25, -0.2) is 0 Å². The van der Waals surface area contributed by atoms with Gasteiger partial charge in [0.05, 0.1) is 6.04 Å². The zero-order valence-corrected chi connectivity index (χ0v) is 14.9. The number of hydrogen-bond acceptors (Lipinski definition) is 3. The zero-order chi connectivity index (χ0) is 18.5. The SMILES string of the molecule is O=C(N[C@@H](Cc1ccccc1)c1ccccc1)[C@H]1COc2ccccc2O1. The van der Waals surface area contributed by atoms with Gasteiger partial charge < -0.3 is 14.8 Å². The van der Waals surface area contributed by atoms with Crippen LogP contribution in [0.15, 0.2) is 84.9 Å². The highest BCUT2D eigenvalue weighted by Gasteiger charge is 2.29. The fraction of sp³-hybridized carbons (Fsp3) is 0.174. The summed E-state index contributed by atoms with van der Waals surface area (Å²) in [5.41, 5.74) is 2.23. The Morgan fingerprint density at radius 1 is 0.889 bits per heavy atom. The third-order valence-electron chi connectivity index (χ3n) is 4.60. The van der Waals surface area contributed by atoms with Gasteiger partial charge in [0.25, 0.3) is 5.91 Å². The summed E-state index contributed by atoms with van der Waals surface area (Å²) in [6, 6.07) is 27.4. The lowest BCUT2D eigenvalue weighted by molar-refractivity contribution is -0.131. The lowest BCUT2D eigenvalue weighted by atomic mass is 9.98. The van der Waals surface area contributed by atoms with Crippen LogP contribution in [0.25, 0.3) is 0 Å². The van der Waals surface area contributed by atoms with Gasteiger partial charge in [-0.05, 0) is 29.7 Å². The molecular formula is C23H21NO3. The van der Waals surface area contributed by atoms with Crippen molar-refractivity contribution < 1.29 is 14.3 Å². The lowest BCUT2D eigenvalue weighted by Gasteiger charge is -2.28. The van der Waals surface area contributed by atoms with Crippen molar-refractivity contribution >= 4 is 5.91 Å². The van der Waals surface area contributed by atoms with Crippen molar-refractivity contribution in [2.24, 2.45) is 0 Å². The van der Waals surface area contributed by atoms with Gasteiger partial charge in [-0.2, -0.15) is 0 Å². The van der Waals surface area contributed by atoms with Crippen LogP contribution in [-0.2, 0) is 11.2 Å². The normalized spacial score (nSPS) is 16.4. The number of benzene rings is 3. The Labute approximate surface area is 158 Å². The molecule has 0 radical (unpaired) electrons. The smallest absolute Gasteiger partial charge is 0.265 e. The van der Waals surface area contributed by atoms with Crippen LogP contribution in [-0.4, -0.2) is 18.6 Å². The third kappa shape index (κ3) is 4.11. The molecule has 136 valence electrons. The molecule has 0 aromatic heterocycles. The molecule has 0 fully saturated rings. The molecule has 3 aromatic carbocycles. The Morgan fingerprint density at radius 2 is 1.52 bits per heavy atom. The van der Waals surface area contributed by atoms with E-state index in [0.29, 0.717) is 17.9 Å². The number of carbonyl (C=O) groups excluding carboxylic acids is 1. The predicted molar refractivity (Wildman–Crippen MR) is 104 cm³/mol. The molecule has 1 heterocycles. The van der Waals surface area contributed by atoms with Gasteiger partial charge >= 0.3 is 0 Å². The van der Waals surface area contributed by atoms with E-state index < -0.39 is 6.10 Å². The van der Waals surface area contributed by atoms with Crippen LogP contribution in [0.5, 0.6) is 11.5 Å². The van der Waals surface area contributed by atoms with E-state index in [2.05, 4.69) is 17.4 Å². The Kier molecular flexibility index (Phi) is 5.06. The van der Waals surface area contributed by atoms with Crippen LogP contribution in [0.2, 0.25) is 0 Å². The van der Waals surface area contributed by atoms with Crippen molar-refractivity contribution in [3.05, 3.63) is 96.1 Å². The van der Waals surface area contributed by atoms with E-state index in [1.807, 2.05) is 72.8 Å². The van der Waals surface area contributed by atoms with Crippen molar-refractivity contribution in [1.29, 1.82) is 0 Å². The van der Waals surface area contributed by atoms with Crippen molar-refractivity contribution in [1.82, 2.24) is 5.32 Å². The molecule has 3 aromatic rings. The van der Waals surface area contributed by atoms with E-state index in [9.17, 15) is 4.79 Å². The van der Waals surface area contributed by atoms with Crippen molar-refractivity contribution in [2.75, 3.05) is 6.61 Å². The Morgan fingerprint density at radius 3 is 2.26 bits per heavy atom. The number of amides is 1. The van der Waals surface area contributed by atoms with E-state index in [4.69, 9.17) is 9.47 Å². The first-order valence-corrected chi connectivity index (χ1v) is 9.07. The Bertz CT molecular complexity index is 896. The van der Waals surface area contributed by atoms with Gasteiger partial charge in [0.15, 0.2) is 11.5 Å². The predicted octanol–water partition coefficient (Wildman–Crippen LogP) is 3.93. The molecule has 0 spiro atoms. The van der Waals surface area contributed by atoms with Crippen LogP contribution in [0.3, 0.4) is 0 Å². The van der Waals surface area contributed by atoms with E-state index in [-0.39, 0.29) is 18.6 Å². The van der Waals surface area contributed by atoms with Gasteiger partial charge in [0.1, 0.15) is 6.61 Å². The molecule has 1 N–H and O–H groups in total. The van der Waals surface area contributed by atoms with Crippen molar-refractivity contribution in [2.45, 2.75) is 18.6 Å². The van der Waals surface area contributed by atoms with Crippen molar-refractivity contribution in [3.8, 4) is 11.5 Å². The minimum absolute atomic E-state index is 0.137. The molecule has 4 rings (SSSR count). The molecule has 0 aliphatic carbocycles. The standard InChI is InChI=1S/C23H21NO3/c25-23(22-16-26-20-13-7-8-14-21(20)27-22)24-19(18-11-5-2-6-12-18)15-17-9-3-1-4-10-17/h1-14,19,22H,15-16H2,(H,24,25)/t19-,22+/m0/s1. The Hall–Kier alpha value is -3.27. The van der Waals surface area contributed by atoms with Gasteiger partial charge in [-0.15, -0.1) is 0 Å². The molecule has 4 heteroatoms. The zero-order valence-electron chi connectivity index (χ0n) is 14.9. The van der Waals surface area contributed by atoms with Crippen LogP contribution in [0.1, 0.15) is 17.2 Å². The maximum Gasteiger partial charge on any atom is 0.265 e. The molecule has 2 atom stereocenters. The molecule has 0 bridgehead atoms. The van der Waals surface area contributed by atoms with Gasteiger partial charge in [0, 0.05) is 0 Å². The summed E-state index contributed by atoms with van der Waals surface area (Å²) in [7, 11) is 0. The second-order valence-electron chi connectivity index (χ2n) is 6.53. The van der Waals surface area contributed by atoms with Crippen LogP contribution in [0.4, 0.5) is 0 Å². The molecule has 1 aliphatic rings. The van der Waals surface area contributed by atoms with Gasteiger partial charge in [-0.1, -0.05) is 72.8 Å². The lowest BCUT2D eigenvalue weighted by Crippen LogP contribution is -2.45. The summed E-state index contributed by atoms with van der Waals surface area (Å²) < 4.78 is 11.5. The van der Waals surface area contributed by atoms with Gasteiger partial charge in [-0.3, -0.25) is 4.79 Å². The average Bonchev–Trinajstić information content (AvgIpc) is 2.74. The second kappa shape index (κ2) is 7.96. The maximum atomic E-state index is 12.9. The molecule has 4 nitrogen and oxygen atoms in total. The second-order valence-corrected chi connectivity index (χ2v) is 6.53. The first-order chi connectivity index (χ1) is 13.3. The highest BCUT2D eigenvalue weighted by atomic mass is 16.6. The summed E-state index contributed by atoms with van der Waals surface area (Å²) in [4.78, 5) is 12.9. The number of ether oxygens (including phenoxy) is 2. The van der Waals surface area contributed by atoms with Crippen LogP contribution < -0.4 is 14.8 Å². The van der Waals surface area contributed by atoms with E-state index >= 15 is 0 Å². The first-order valence-electron chi connectivity index (χ1n) is 9.07. The monoisotopic (exact) mass is 359 g/mol. The molecule has 0 saturated carbocycles. The number of para-hydroxylation sites is 2. The molecular weight excluding hydrogens is 338 g/mol. The van der Waals surface area contributed by atoms with E-state index in [1.165, 1.54) is 0 Å². The maximum absolute atomic E-state index is 12.9. The molecule has 0 unspecified atom stereocenters. The largest absolute Gasteiger partial charge is 0.485 e. The number of fused-ring (bicyclic) bond motifs is 1. The molecule has 1 aliphatic heterocycles. The first kappa shape index (κ1) is 17.2. The molecule has 0 saturated heterocycles. The third-order valence-corrected chi connectivity index (χ3v) is 4.60. The Balaban J connectivity index is 1.50. The minimum atomic E-state index is -0.665. The quantitative estimate of drug-likeness (QED) is 0.751. The number of hydrogen-bond donors (Lipinski definition) is 1. The summed E-state index contributed by atoms with van der Waals surface area (Å²) in [5, 5.41) is 3.14. The van der Waals surface area contributed by atoms with Crippen molar-refractivity contribution in [3.63, 3.8) is 0 Å². The van der Waals surface area contributed by atoms with E-state index in [1.54, 1.807) is 0 Å². The summed E-state index contributed by atoms with van der Waals surface area (Å²) in [6.45, 7) is 0.204. The fourth-order valence-corrected chi connectivity index (χ4v) is 3.20. The molecule has 27 heavy (non-hydrogen) atoms. The van der Waals surface area contributed by atoms with Crippen LogP contribution >= 0.6 is 0 Å². The topological polar surface area (TPSA) is 47.6 Å². The number of rotatable bonds is 5. The van der Waals surface area contributed by atoms with E-state index in [0.717, 1.165) is 11.1 Å². The number of carbonyl (C=O) groups is 1. The highest BCUT2D eigenvalue weighted by Crippen LogP contribution is 2.31. The minimum Gasteiger partial charge on any atom is -0.485 e.